The summed E-state index contributed by atoms with van der Waals surface area (Å²) < 4.78 is 0. The third kappa shape index (κ3) is 3.71. The molecule has 0 aromatic heterocycles. The molecule has 1 saturated heterocycles. The largest absolute Gasteiger partial charge is 0.369 e. The monoisotopic (exact) mass is 372 g/mol. The second kappa shape index (κ2) is 7.43. The van der Waals surface area contributed by atoms with Gasteiger partial charge in [0, 0.05) is 18.6 Å². The van der Waals surface area contributed by atoms with Crippen LogP contribution in [0.3, 0.4) is 0 Å². The summed E-state index contributed by atoms with van der Waals surface area (Å²) in [5, 5.41) is 9.15. The first-order valence-electron chi connectivity index (χ1n) is 10.7. The topological polar surface area (TPSA) is 90.4 Å². The first kappa shape index (κ1) is 18.7. The van der Waals surface area contributed by atoms with Crippen LogP contribution in [-0.2, 0) is 9.59 Å². The SMILES string of the molecule is N#CCCN(C(=O)CN1CCC[C@H](C(N)=O)C1)C12CC3CC(CC(C3)C1)C2. The number of piperidine rings is 1. The Morgan fingerprint density at radius 1 is 1.15 bits per heavy atom. The molecule has 4 saturated carbocycles. The molecule has 1 aliphatic heterocycles. The minimum Gasteiger partial charge on any atom is -0.369 e. The summed E-state index contributed by atoms with van der Waals surface area (Å²) in [6, 6.07) is 2.24. The van der Waals surface area contributed by atoms with E-state index in [4.69, 9.17) is 11.0 Å². The Morgan fingerprint density at radius 2 is 1.78 bits per heavy atom. The van der Waals surface area contributed by atoms with E-state index in [1.165, 1.54) is 19.3 Å². The molecular formula is C21H32N4O2. The number of hydrogen-bond acceptors (Lipinski definition) is 4. The van der Waals surface area contributed by atoms with Crippen LogP contribution in [0.1, 0.15) is 57.8 Å². The Hall–Kier alpha value is -1.61. The maximum Gasteiger partial charge on any atom is 0.237 e. The molecule has 27 heavy (non-hydrogen) atoms. The molecule has 6 heteroatoms. The molecule has 4 aliphatic carbocycles. The molecule has 0 unspecified atom stereocenters. The molecule has 5 fully saturated rings. The molecule has 5 aliphatic rings. The lowest BCUT2D eigenvalue weighted by Gasteiger charge is -2.60. The van der Waals surface area contributed by atoms with Crippen molar-refractivity contribution in [3.05, 3.63) is 0 Å². The molecule has 2 N–H and O–H groups in total. The van der Waals surface area contributed by atoms with Gasteiger partial charge in [0.25, 0.3) is 0 Å². The summed E-state index contributed by atoms with van der Waals surface area (Å²) in [5.41, 5.74) is 5.48. The molecular weight excluding hydrogens is 340 g/mol. The Labute approximate surface area is 162 Å². The molecule has 0 radical (unpaired) electrons. The van der Waals surface area contributed by atoms with E-state index in [1.54, 1.807) is 0 Å². The van der Waals surface area contributed by atoms with E-state index < -0.39 is 0 Å². The van der Waals surface area contributed by atoms with Crippen molar-refractivity contribution < 1.29 is 9.59 Å². The minimum absolute atomic E-state index is 0.0123. The first-order chi connectivity index (χ1) is 13.0. The summed E-state index contributed by atoms with van der Waals surface area (Å²) >= 11 is 0. The number of nitrogens with zero attached hydrogens (tertiary/aromatic N) is 3. The number of carbonyl (C=O) groups excluding carboxylic acids is 2. The van der Waals surface area contributed by atoms with E-state index in [2.05, 4.69) is 15.9 Å². The minimum atomic E-state index is -0.255. The van der Waals surface area contributed by atoms with Crippen LogP contribution in [0.5, 0.6) is 0 Å². The van der Waals surface area contributed by atoms with Crippen LogP contribution < -0.4 is 5.73 Å². The van der Waals surface area contributed by atoms with Crippen molar-refractivity contribution in [1.82, 2.24) is 9.80 Å². The predicted octanol–water partition coefficient (Wildman–Crippen LogP) is 1.89. The number of likely N-dealkylation sites (tertiary alicyclic amines) is 1. The zero-order chi connectivity index (χ0) is 19.0. The molecule has 6 nitrogen and oxygen atoms in total. The van der Waals surface area contributed by atoms with Gasteiger partial charge >= 0.3 is 0 Å². The molecule has 0 aromatic carbocycles. The number of carbonyl (C=O) groups is 2. The van der Waals surface area contributed by atoms with Crippen LogP contribution in [-0.4, -0.2) is 53.3 Å². The fourth-order valence-electron chi connectivity index (χ4n) is 6.89. The predicted molar refractivity (Wildman–Crippen MR) is 101 cm³/mol. The Kier molecular flexibility index (Phi) is 5.15. The van der Waals surface area contributed by atoms with Crippen molar-refractivity contribution in [1.29, 1.82) is 5.26 Å². The average Bonchev–Trinajstić information content (AvgIpc) is 2.61. The maximum absolute atomic E-state index is 13.4. The lowest BCUT2D eigenvalue weighted by molar-refractivity contribution is -0.152. The average molecular weight is 373 g/mol. The molecule has 0 spiro atoms. The van der Waals surface area contributed by atoms with Gasteiger partial charge in [-0.15, -0.1) is 0 Å². The van der Waals surface area contributed by atoms with E-state index in [-0.39, 0.29) is 23.3 Å². The number of primary amides is 1. The molecule has 4 bridgehead atoms. The highest BCUT2D eigenvalue weighted by Gasteiger charge is 2.54. The Bertz CT molecular complexity index is 605. The molecule has 5 rings (SSSR count). The number of nitrogens with two attached hydrogens (primary N) is 1. The van der Waals surface area contributed by atoms with E-state index in [0.29, 0.717) is 26.1 Å². The first-order valence-corrected chi connectivity index (χ1v) is 10.7. The summed E-state index contributed by atoms with van der Waals surface area (Å²) in [5.74, 6) is 2.05. The standard InChI is InChI=1S/C21H32N4O2/c22-4-2-6-25(19(26)14-24-5-1-3-18(13-24)20(23)27)21-10-15-7-16(11-21)9-17(8-15)12-21/h15-18H,1-3,5-14H2,(H2,23,27)/t15?,16?,17?,18-,21?/m0/s1. The van der Waals surface area contributed by atoms with Gasteiger partial charge in [-0.1, -0.05) is 0 Å². The lowest BCUT2D eigenvalue weighted by atomic mass is 9.52. The van der Waals surface area contributed by atoms with Crippen LogP contribution >= 0.6 is 0 Å². The van der Waals surface area contributed by atoms with Gasteiger partial charge in [0.15, 0.2) is 0 Å². The van der Waals surface area contributed by atoms with Gasteiger partial charge in [-0.25, -0.2) is 0 Å². The quantitative estimate of drug-likeness (QED) is 0.771. The van der Waals surface area contributed by atoms with Crippen molar-refractivity contribution in [2.24, 2.45) is 29.4 Å². The van der Waals surface area contributed by atoms with E-state index >= 15 is 0 Å². The van der Waals surface area contributed by atoms with E-state index in [9.17, 15) is 9.59 Å². The summed E-state index contributed by atoms with van der Waals surface area (Å²) in [6.07, 6.45) is 9.53. The third-order valence-corrected chi connectivity index (χ3v) is 7.59. The zero-order valence-electron chi connectivity index (χ0n) is 16.2. The maximum atomic E-state index is 13.4. The van der Waals surface area contributed by atoms with Crippen LogP contribution in [0, 0.1) is 35.0 Å². The van der Waals surface area contributed by atoms with Crippen LogP contribution in [0.2, 0.25) is 0 Å². The van der Waals surface area contributed by atoms with E-state index in [0.717, 1.165) is 56.4 Å². The highest BCUT2D eigenvalue weighted by molar-refractivity contribution is 5.80. The fraction of sp³-hybridized carbons (Fsp3) is 0.857. The van der Waals surface area contributed by atoms with Gasteiger partial charge in [0.1, 0.15) is 0 Å². The second-order valence-corrected chi connectivity index (χ2v) is 9.57. The van der Waals surface area contributed by atoms with Crippen molar-refractivity contribution in [2.45, 2.75) is 63.3 Å². The summed E-state index contributed by atoms with van der Waals surface area (Å²) in [7, 11) is 0. The van der Waals surface area contributed by atoms with Crippen LogP contribution in [0.4, 0.5) is 0 Å². The molecule has 0 aromatic rings. The third-order valence-electron chi connectivity index (χ3n) is 7.59. The fourth-order valence-corrected chi connectivity index (χ4v) is 6.89. The highest BCUT2D eigenvalue weighted by atomic mass is 16.2. The van der Waals surface area contributed by atoms with Crippen LogP contribution in [0.25, 0.3) is 0 Å². The smallest absolute Gasteiger partial charge is 0.237 e. The van der Waals surface area contributed by atoms with Gasteiger partial charge < -0.3 is 10.6 Å². The normalized spacial score (nSPS) is 37.7. The lowest BCUT2D eigenvalue weighted by Crippen LogP contribution is -2.63. The summed E-state index contributed by atoms with van der Waals surface area (Å²) in [4.78, 5) is 29.1. The molecule has 1 heterocycles. The number of rotatable bonds is 6. The number of nitriles is 1. The van der Waals surface area contributed by atoms with E-state index in [1.807, 2.05) is 0 Å². The second-order valence-electron chi connectivity index (χ2n) is 9.57. The number of amides is 2. The Morgan fingerprint density at radius 3 is 2.33 bits per heavy atom. The van der Waals surface area contributed by atoms with Crippen LogP contribution in [0.15, 0.2) is 0 Å². The van der Waals surface area contributed by atoms with Gasteiger partial charge in [0.2, 0.25) is 11.8 Å². The summed E-state index contributed by atoms with van der Waals surface area (Å²) in [6.45, 7) is 2.35. The van der Waals surface area contributed by atoms with Crippen molar-refractivity contribution in [2.75, 3.05) is 26.2 Å². The van der Waals surface area contributed by atoms with Gasteiger partial charge in [-0.3, -0.25) is 14.5 Å². The number of hydrogen-bond donors (Lipinski definition) is 1. The van der Waals surface area contributed by atoms with Gasteiger partial charge in [-0.05, 0) is 75.7 Å². The zero-order valence-corrected chi connectivity index (χ0v) is 16.2. The van der Waals surface area contributed by atoms with Gasteiger partial charge in [0.05, 0.1) is 25.0 Å². The molecule has 2 amide bonds. The molecule has 148 valence electrons. The van der Waals surface area contributed by atoms with Crippen molar-refractivity contribution >= 4 is 11.8 Å². The Balaban J connectivity index is 1.48. The van der Waals surface area contributed by atoms with Crippen molar-refractivity contribution in [3.63, 3.8) is 0 Å². The molecule has 1 atom stereocenters. The highest BCUT2D eigenvalue weighted by Crippen LogP contribution is 2.57. The van der Waals surface area contributed by atoms with Crippen molar-refractivity contribution in [3.8, 4) is 6.07 Å². The van der Waals surface area contributed by atoms with Gasteiger partial charge in [-0.2, -0.15) is 5.26 Å².